The van der Waals surface area contributed by atoms with Crippen molar-refractivity contribution in [2.45, 2.75) is 13.3 Å². The highest BCUT2D eigenvalue weighted by atomic mass is 32.1. The van der Waals surface area contributed by atoms with Gasteiger partial charge in [0, 0.05) is 33.9 Å². The summed E-state index contributed by atoms with van der Waals surface area (Å²) in [4.78, 5) is 15.3. The zero-order valence-corrected chi connectivity index (χ0v) is 17.3. The molecule has 5 aromatic heterocycles. The molecule has 0 spiro atoms. The second kappa shape index (κ2) is 6.90. The number of aromatic nitrogens is 5. The maximum atomic E-state index is 4.66. The molecule has 6 rings (SSSR count). The Morgan fingerprint density at radius 3 is 2.77 bits per heavy atom. The fraction of sp³-hybridized carbons (Fsp3) is 0.174. The van der Waals surface area contributed by atoms with Crippen LogP contribution in [0.1, 0.15) is 17.0 Å². The SMILES string of the molecule is Cc1ccc(-c2nccc3[nH]c(-c4n[nH]c5cnc(C6=CCNCC6)cc45)cc23)s1. The fourth-order valence-electron chi connectivity index (χ4n) is 4.09. The Hall–Kier alpha value is -3.29. The van der Waals surface area contributed by atoms with Gasteiger partial charge in [-0.15, -0.1) is 11.3 Å². The molecule has 0 atom stereocenters. The first-order valence-corrected chi connectivity index (χ1v) is 10.9. The van der Waals surface area contributed by atoms with Crippen LogP contribution in [-0.4, -0.2) is 38.2 Å². The molecule has 0 unspecified atom stereocenters. The molecule has 6 nitrogen and oxygen atoms in total. The number of rotatable bonds is 3. The molecule has 0 saturated carbocycles. The van der Waals surface area contributed by atoms with Crippen LogP contribution in [0.2, 0.25) is 0 Å². The molecule has 0 amide bonds. The summed E-state index contributed by atoms with van der Waals surface area (Å²) in [7, 11) is 0. The van der Waals surface area contributed by atoms with E-state index in [0.29, 0.717) is 0 Å². The minimum atomic E-state index is 0.896. The topological polar surface area (TPSA) is 82.3 Å². The summed E-state index contributed by atoms with van der Waals surface area (Å²) in [5.74, 6) is 0. The Labute approximate surface area is 177 Å². The van der Waals surface area contributed by atoms with E-state index in [4.69, 9.17) is 0 Å². The molecule has 6 heterocycles. The standard InChI is InChI=1S/C23H20N6S/c1-13-2-3-21(30-13)23-15-11-19(27-17(15)6-9-25-23)22-16-10-18(14-4-7-24-8-5-14)26-12-20(16)28-29-22/h2-4,6,9-12,24,27H,5,7-8H2,1H3,(H,28,29). The number of nitrogens with one attached hydrogen (secondary N) is 3. The van der Waals surface area contributed by atoms with Crippen LogP contribution in [0.5, 0.6) is 0 Å². The second-order valence-corrected chi connectivity index (χ2v) is 8.87. The molecule has 5 aromatic rings. The predicted molar refractivity (Wildman–Crippen MR) is 122 cm³/mol. The maximum Gasteiger partial charge on any atom is 0.116 e. The third kappa shape index (κ3) is 2.86. The zero-order chi connectivity index (χ0) is 20.1. The van der Waals surface area contributed by atoms with Crippen LogP contribution < -0.4 is 5.32 Å². The van der Waals surface area contributed by atoms with Crippen LogP contribution in [-0.2, 0) is 0 Å². The van der Waals surface area contributed by atoms with Crippen molar-refractivity contribution in [1.29, 1.82) is 0 Å². The number of aromatic amines is 2. The van der Waals surface area contributed by atoms with Crippen LogP contribution in [0.15, 0.2) is 48.8 Å². The Morgan fingerprint density at radius 1 is 1.00 bits per heavy atom. The first kappa shape index (κ1) is 17.6. The minimum Gasteiger partial charge on any atom is -0.353 e. The van der Waals surface area contributed by atoms with Gasteiger partial charge in [0.15, 0.2) is 0 Å². The van der Waals surface area contributed by atoms with Crippen molar-refractivity contribution in [3.63, 3.8) is 0 Å². The smallest absolute Gasteiger partial charge is 0.116 e. The average molecular weight is 413 g/mol. The van der Waals surface area contributed by atoms with Crippen LogP contribution in [0.25, 0.3) is 49.3 Å². The van der Waals surface area contributed by atoms with Gasteiger partial charge >= 0.3 is 0 Å². The van der Waals surface area contributed by atoms with E-state index in [1.54, 1.807) is 11.3 Å². The van der Waals surface area contributed by atoms with E-state index in [0.717, 1.165) is 64.1 Å². The van der Waals surface area contributed by atoms with E-state index in [2.05, 4.69) is 67.7 Å². The molecule has 3 N–H and O–H groups in total. The summed E-state index contributed by atoms with van der Waals surface area (Å²) in [6.45, 7) is 4.01. The number of thiophene rings is 1. The average Bonchev–Trinajstić information content (AvgIpc) is 3.51. The molecule has 1 aliphatic heterocycles. The van der Waals surface area contributed by atoms with Crippen molar-refractivity contribution in [3.05, 3.63) is 59.4 Å². The van der Waals surface area contributed by atoms with E-state index >= 15 is 0 Å². The van der Waals surface area contributed by atoms with Crippen molar-refractivity contribution < 1.29 is 0 Å². The molecule has 7 heteroatoms. The lowest BCUT2D eigenvalue weighted by molar-refractivity contribution is 0.737. The second-order valence-electron chi connectivity index (χ2n) is 7.58. The molecule has 30 heavy (non-hydrogen) atoms. The number of nitrogens with zero attached hydrogens (tertiary/aromatic N) is 3. The molecule has 1 aliphatic rings. The molecule has 0 aliphatic carbocycles. The molecule has 0 aromatic carbocycles. The van der Waals surface area contributed by atoms with Gasteiger partial charge in [0.05, 0.1) is 33.7 Å². The quantitative estimate of drug-likeness (QED) is 0.393. The largest absolute Gasteiger partial charge is 0.353 e. The number of H-pyrrole nitrogens is 2. The van der Waals surface area contributed by atoms with Gasteiger partial charge in [-0.3, -0.25) is 15.1 Å². The zero-order valence-electron chi connectivity index (χ0n) is 16.5. The van der Waals surface area contributed by atoms with Gasteiger partial charge in [0.2, 0.25) is 0 Å². The molecule has 0 radical (unpaired) electrons. The third-order valence-corrected chi connectivity index (χ3v) is 6.62. The number of pyridine rings is 2. The summed E-state index contributed by atoms with van der Waals surface area (Å²) in [6.07, 6.45) is 6.96. The number of aryl methyl sites for hydroxylation is 1. The maximum absolute atomic E-state index is 4.66. The van der Waals surface area contributed by atoms with Crippen molar-refractivity contribution in [3.8, 4) is 22.0 Å². The van der Waals surface area contributed by atoms with E-state index in [-0.39, 0.29) is 0 Å². The molecular formula is C23H20N6S. The van der Waals surface area contributed by atoms with Crippen LogP contribution >= 0.6 is 11.3 Å². The lowest BCUT2D eigenvalue weighted by atomic mass is 10.0. The summed E-state index contributed by atoms with van der Waals surface area (Å²) in [6, 6.07) is 10.6. The Kier molecular flexibility index (Phi) is 4.04. The van der Waals surface area contributed by atoms with E-state index in [1.165, 1.54) is 15.3 Å². The molecule has 0 saturated heterocycles. The van der Waals surface area contributed by atoms with E-state index in [9.17, 15) is 0 Å². The molecular weight excluding hydrogens is 392 g/mol. The lowest BCUT2D eigenvalue weighted by Gasteiger charge is -2.13. The molecule has 0 bridgehead atoms. The van der Waals surface area contributed by atoms with Crippen molar-refractivity contribution in [2.75, 3.05) is 13.1 Å². The Bertz CT molecular complexity index is 1420. The highest BCUT2D eigenvalue weighted by Crippen LogP contribution is 2.35. The normalized spacial score (nSPS) is 14.5. The van der Waals surface area contributed by atoms with Gasteiger partial charge < -0.3 is 10.3 Å². The van der Waals surface area contributed by atoms with Gasteiger partial charge in [0.1, 0.15) is 5.69 Å². The summed E-state index contributed by atoms with van der Waals surface area (Å²) < 4.78 is 0. The van der Waals surface area contributed by atoms with Gasteiger partial charge in [-0.25, -0.2) is 0 Å². The number of fused-ring (bicyclic) bond motifs is 2. The summed E-state index contributed by atoms with van der Waals surface area (Å²) in [5, 5.41) is 13.3. The van der Waals surface area contributed by atoms with Crippen LogP contribution in [0.4, 0.5) is 0 Å². The highest BCUT2D eigenvalue weighted by Gasteiger charge is 2.16. The first-order valence-electron chi connectivity index (χ1n) is 10.1. The van der Waals surface area contributed by atoms with Gasteiger partial charge in [-0.05, 0) is 55.8 Å². The van der Waals surface area contributed by atoms with E-state index < -0.39 is 0 Å². The monoisotopic (exact) mass is 412 g/mol. The lowest BCUT2D eigenvalue weighted by Crippen LogP contribution is -2.20. The molecule has 0 fully saturated rings. The third-order valence-electron chi connectivity index (χ3n) is 5.62. The predicted octanol–water partition coefficient (Wildman–Crippen LogP) is 4.91. The fourth-order valence-corrected chi connectivity index (χ4v) is 4.97. The number of hydrogen-bond donors (Lipinski definition) is 3. The van der Waals surface area contributed by atoms with Crippen molar-refractivity contribution in [1.82, 2.24) is 30.5 Å². The van der Waals surface area contributed by atoms with Gasteiger partial charge in [-0.1, -0.05) is 6.08 Å². The van der Waals surface area contributed by atoms with Crippen molar-refractivity contribution >= 4 is 38.7 Å². The van der Waals surface area contributed by atoms with Gasteiger partial charge in [-0.2, -0.15) is 5.10 Å². The highest BCUT2D eigenvalue weighted by molar-refractivity contribution is 7.15. The summed E-state index contributed by atoms with van der Waals surface area (Å²) in [5.41, 5.74) is 7.22. The van der Waals surface area contributed by atoms with Gasteiger partial charge in [0.25, 0.3) is 0 Å². The van der Waals surface area contributed by atoms with Crippen molar-refractivity contribution in [2.24, 2.45) is 0 Å². The van der Waals surface area contributed by atoms with E-state index in [1.807, 2.05) is 18.5 Å². The Morgan fingerprint density at radius 2 is 1.93 bits per heavy atom. The number of hydrogen-bond acceptors (Lipinski definition) is 5. The minimum absolute atomic E-state index is 0.896. The molecule has 148 valence electrons. The van der Waals surface area contributed by atoms with Crippen LogP contribution in [0.3, 0.4) is 0 Å². The Balaban J connectivity index is 1.49. The summed E-state index contributed by atoms with van der Waals surface area (Å²) >= 11 is 1.76. The first-order chi connectivity index (χ1) is 14.8. The van der Waals surface area contributed by atoms with Crippen LogP contribution in [0, 0.1) is 6.92 Å².